The maximum atomic E-state index is 12.5. The molecule has 0 heterocycles. The van der Waals surface area contributed by atoms with Crippen LogP contribution in [0.25, 0.3) is 0 Å². The molecule has 2 nitrogen and oxygen atoms in total. The van der Waals surface area contributed by atoms with Crippen molar-refractivity contribution in [1.29, 1.82) is 0 Å². The fourth-order valence-electron chi connectivity index (χ4n) is 2.62. The zero-order chi connectivity index (χ0) is 12.3. The Kier molecular flexibility index (Phi) is 3.63. The lowest BCUT2D eigenvalue weighted by Crippen LogP contribution is -2.45. The standard InChI is InChI=1S/C15H21NO/c1-3-12-5-7-13(8-6-12)14(17)15(11-16-2)9-4-10-15/h5-8,16H,3-4,9-11H2,1-2H3. The summed E-state index contributed by atoms with van der Waals surface area (Å²) in [5.41, 5.74) is 2.04. The number of nitrogens with one attached hydrogen (secondary N) is 1. The molecule has 1 fully saturated rings. The summed E-state index contributed by atoms with van der Waals surface area (Å²) in [4.78, 5) is 12.5. The number of carbonyl (C=O) groups excluding carboxylic acids is 1. The maximum Gasteiger partial charge on any atom is 0.170 e. The van der Waals surface area contributed by atoms with Gasteiger partial charge in [-0.3, -0.25) is 4.79 Å². The van der Waals surface area contributed by atoms with Gasteiger partial charge in [0.2, 0.25) is 0 Å². The molecule has 0 aromatic heterocycles. The molecule has 0 radical (unpaired) electrons. The van der Waals surface area contributed by atoms with Gasteiger partial charge in [0, 0.05) is 17.5 Å². The second-order valence-corrected chi connectivity index (χ2v) is 5.04. The van der Waals surface area contributed by atoms with Crippen LogP contribution in [-0.2, 0) is 6.42 Å². The highest BCUT2D eigenvalue weighted by Gasteiger charge is 2.43. The van der Waals surface area contributed by atoms with Crippen molar-refractivity contribution in [1.82, 2.24) is 5.32 Å². The lowest BCUT2D eigenvalue weighted by Gasteiger charge is -2.40. The molecule has 17 heavy (non-hydrogen) atoms. The van der Waals surface area contributed by atoms with Crippen molar-refractivity contribution in [3.63, 3.8) is 0 Å². The highest BCUT2D eigenvalue weighted by molar-refractivity contribution is 6.01. The third-order valence-corrected chi connectivity index (χ3v) is 3.93. The summed E-state index contributed by atoms with van der Waals surface area (Å²) in [6.45, 7) is 2.94. The van der Waals surface area contributed by atoms with Gasteiger partial charge in [0.05, 0.1) is 0 Å². The molecular weight excluding hydrogens is 210 g/mol. The van der Waals surface area contributed by atoms with Gasteiger partial charge < -0.3 is 5.32 Å². The molecule has 0 unspecified atom stereocenters. The van der Waals surface area contributed by atoms with Gasteiger partial charge in [0.1, 0.15) is 0 Å². The molecule has 92 valence electrons. The Morgan fingerprint density at radius 2 is 1.94 bits per heavy atom. The topological polar surface area (TPSA) is 29.1 Å². The molecule has 1 aliphatic rings. The molecule has 1 N–H and O–H groups in total. The van der Waals surface area contributed by atoms with Crippen LogP contribution in [0, 0.1) is 5.41 Å². The molecule has 0 saturated heterocycles. The lowest BCUT2D eigenvalue weighted by atomic mass is 9.64. The number of hydrogen-bond acceptors (Lipinski definition) is 2. The Balaban J connectivity index is 2.17. The minimum Gasteiger partial charge on any atom is -0.319 e. The largest absolute Gasteiger partial charge is 0.319 e. The number of rotatable bonds is 5. The molecular formula is C15H21NO. The number of ketones is 1. The Hall–Kier alpha value is -1.15. The van der Waals surface area contributed by atoms with Gasteiger partial charge in [-0.25, -0.2) is 0 Å². The molecule has 2 heteroatoms. The van der Waals surface area contributed by atoms with Gasteiger partial charge >= 0.3 is 0 Å². The van der Waals surface area contributed by atoms with Crippen molar-refractivity contribution in [3.8, 4) is 0 Å². The molecule has 0 spiro atoms. The van der Waals surface area contributed by atoms with E-state index in [2.05, 4.69) is 24.4 Å². The summed E-state index contributed by atoms with van der Waals surface area (Å²) in [5.74, 6) is 0.320. The second-order valence-electron chi connectivity index (χ2n) is 5.04. The van der Waals surface area contributed by atoms with E-state index < -0.39 is 0 Å². The molecule has 0 amide bonds. The Morgan fingerprint density at radius 3 is 2.35 bits per heavy atom. The first-order chi connectivity index (χ1) is 8.22. The third kappa shape index (κ3) is 2.27. The highest BCUT2D eigenvalue weighted by Crippen LogP contribution is 2.43. The van der Waals surface area contributed by atoms with Crippen molar-refractivity contribution in [2.75, 3.05) is 13.6 Å². The smallest absolute Gasteiger partial charge is 0.170 e. The average Bonchev–Trinajstić information content (AvgIpc) is 2.33. The van der Waals surface area contributed by atoms with Crippen LogP contribution in [0.1, 0.15) is 42.1 Å². The first kappa shape index (κ1) is 12.3. The van der Waals surface area contributed by atoms with Crippen LogP contribution >= 0.6 is 0 Å². The number of hydrogen-bond donors (Lipinski definition) is 1. The Morgan fingerprint density at radius 1 is 1.29 bits per heavy atom. The normalized spacial score (nSPS) is 17.5. The third-order valence-electron chi connectivity index (χ3n) is 3.93. The quantitative estimate of drug-likeness (QED) is 0.789. The van der Waals surface area contributed by atoms with Crippen molar-refractivity contribution in [2.45, 2.75) is 32.6 Å². The first-order valence-electron chi connectivity index (χ1n) is 6.50. The van der Waals surface area contributed by atoms with Gasteiger partial charge in [0.25, 0.3) is 0 Å². The van der Waals surface area contributed by atoms with Gasteiger partial charge in [-0.1, -0.05) is 37.6 Å². The average molecular weight is 231 g/mol. The lowest BCUT2D eigenvalue weighted by molar-refractivity contribution is 0.0614. The number of benzene rings is 1. The van der Waals surface area contributed by atoms with Gasteiger partial charge in [-0.15, -0.1) is 0 Å². The molecule has 2 rings (SSSR count). The van der Waals surface area contributed by atoms with Crippen LogP contribution in [0.2, 0.25) is 0 Å². The predicted molar refractivity (Wildman–Crippen MR) is 70.4 cm³/mol. The second kappa shape index (κ2) is 5.01. The molecule has 1 aliphatic carbocycles. The molecule has 1 aromatic rings. The van der Waals surface area contributed by atoms with E-state index in [0.717, 1.165) is 31.4 Å². The van der Waals surface area contributed by atoms with E-state index in [4.69, 9.17) is 0 Å². The number of Topliss-reactive ketones (excluding diaryl/α,β-unsaturated/α-hetero) is 1. The van der Waals surface area contributed by atoms with Crippen molar-refractivity contribution in [2.24, 2.45) is 5.41 Å². The number of carbonyl (C=O) groups is 1. The fraction of sp³-hybridized carbons (Fsp3) is 0.533. The predicted octanol–water partition coefficient (Wildman–Crippen LogP) is 2.82. The zero-order valence-electron chi connectivity index (χ0n) is 10.8. The summed E-state index contributed by atoms with van der Waals surface area (Å²) in [6, 6.07) is 8.10. The van der Waals surface area contributed by atoms with E-state index in [0.29, 0.717) is 5.78 Å². The summed E-state index contributed by atoms with van der Waals surface area (Å²) in [7, 11) is 1.92. The van der Waals surface area contributed by atoms with Crippen LogP contribution in [-0.4, -0.2) is 19.4 Å². The SMILES string of the molecule is CCc1ccc(C(=O)C2(CNC)CCC2)cc1. The van der Waals surface area contributed by atoms with Crippen molar-refractivity contribution < 1.29 is 4.79 Å². The van der Waals surface area contributed by atoms with Crippen LogP contribution in [0.15, 0.2) is 24.3 Å². The van der Waals surface area contributed by atoms with E-state index >= 15 is 0 Å². The summed E-state index contributed by atoms with van der Waals surface area (Å²) >= 11 is 0. The minimum atomic E-state index is -0.123. The molecule has 1 saturated carbocycles. The molecule has 0 atom stereocenters. The summed E-state index contributed by atoms with van der Waals surface area (Å²) in [6.07, 6.45) is 4.26. The van der Waals surface area contributed by atoms with Crippen molar-refractivity contribution in [3.05, 3.63) is 35.4 Å². The Bertz CT molecular complexity index is 390. The van der Waals surface area contributed by atoms with E-state index in [1.165, 1.54) is 12.0 Å². The van der Waals surface area contributed by atoms with Gasteiger partial charge in [0.15, 0.2) is 5.78 Å². The zero-order valence-corrected chi connectivity index (χ0v) is 10.8. The molecule has 1 aromatic carbocycles. The van der Waals surface area contributed by atoms with E-state index in [-0.39, 0.29) is 5.41 Å². The van der Waals surface area contributed by atoms with Crippen LogP contribution in [0.3, 0.4) is 0 Å². The van der Waals surface area contributed by atoms with Crippen LogP contribution in [0.5, 0.6) is 0 Å². The van der Waals surface area contributed by atoms with E-state index in [1.807, 2.05) is 19.2 Å². The molecule has 0 aliphatic heterocycles. The maximum absolute atomic E-state index is 12.5. The summed E-state index contributed by atoms with van der Waals surface area (Å²) in [5, 5.41) is 3.16. The minimum absolute atomic E-state index is 0.123. The fourth-order valence-corrected chi connectivity index (χ4v) is 2.62. The first-order valence-corrected chi connectivity index (χ1v) is 6.50. The van der Waals surface area contributed by atoms with Crippen LogP contribution in [0.4, 0.5) is 0 Å². The van der Waals surface area contributed by atoms with Crippen LogP contribution < -0.4 is 5.32 Å². The number of aryl methyl sites for hydroxylation is 1. The van der Waals surface area contributed by atoms with Gasteiger partial charge in [-0.05, 0) is 31.9 Å². The molecule has 0 bridgehead atoms. The summed E-state index contributed by atoms with van der Waals surface area (Å²) < 4.78 is 0. The van der Waals surface area contributed by atoms with Gasteiger partial charge in [-0.2, -0.15) is 0 Å². The monoisotopic (exact) mass is 231 g/mol. The van der Waals surface area contributed by atoms with E-state index in [1.54, 1.807) is 0 Å². The highest BCUT2D eigenvalue weighted by atomic mass is 16.1. The Labute approximate surface area is 103 Å². The van der Waals surface area contributed by atoms with E-state index in [9.17, 15) is 4.79 Å². The van der Waals surface area contributed by atoms with Crippen molar-refractivity contribution >= 4 is 5.78 Å².